The van der Waals surface area contributed by atoms with Gasteiger partial charge in [0.1, 0.15) is 17.2 Å². The Bertz CT molecular complexity index is 561. The summed E-state index contributed by atoms with van der Waals surface area (Å²) in [5.74, 6) is 0.116. The quantitative estimate of drug-likeness (QED) is 0.655. The Kier molecular flexibility index (Phi) is 7.31. The second-order valence-corrected chi connectivity index (χ2v) is 5.00. The van der Waals surface area contributed by atoms with Crippen LogP contribution >= 0.6 is 0 Å². The minimum absolute atomic E-state index is 0.115. The minimum atomic E-state index is -1.15. The number of carbonyl (C=O) groups is 2. The molecule has 0 bridgehead atoms. The molecule has 0 aromatic heterocycles. The van der Waals surface area contributed by atoms with E-state index < -0.39 is 24.0 Å². The molecule has 24 heavy (non-hydrogen) atoms. The molecule has 1 rings (SSSR count). The maximum absolute atomic E-state index is 12.3. The van der Waals surface area contributed by atoms with E-state index in [0.29, 0.717) is 22.8 Å². The van der Waals surface area contributed by atoms with Gasteiger partial charge in [0.15, 0.2) is 6.04 Å². The molecule has 0 aliphatic heterocycles. The molecule has 8 nitrogen and oxygen atoms in total. The fraction of sp³-hybridized carbons (Fsp3) is 0.500. The molecule has 2 atom stereocenters. The summed E-state index contributed by atoms with van der Waals surface area (Å²) in [7, 11) is 5.61. The van der Waals surface area contributed by atoms with Gasteiger partial charge in [-0.25, -0.2) is 4.79 Å². The summed E-state index contributed by atoms with van der Waals surface area (Å²) < 4.78 is 20.3. The van der Waals surface area contributed by atoms with Crippen molar-refractivity contribution < 1.29 is 33.6 Å². The van der Waals surface area contributed by atoms with E-state index in [9.17, 15) is 14.7 Å². The van der Waals surface area contributed by atoms with Gasteiger partial charge in [-0.2, -0.15) is 0 Å². The molecule has 0 spiro atoms. The van der Waals surface area contributed by atoms with Crippen molar-refractivity contribution in [3.63, 3.8) is 0 Å². The van der Waals surface area contributed by atoms with E-state index in [1.165, 1.54) is 35.4 Å². The number of benzene rings is 1. The van der Waals surface area contributed by atoms with Crippen LogP contribution in [-0.4, -0.2) is 57.6 Å². The minimum Gasteiger partial charge on any atom is -0.496 e. The molecule has 1 amide bonds. The number of carbonyl (C=O) groups excluding carboxylic acids is 2. The van der Waals surface area contributed by atoms with Crippen LogP contribution in [-0.2, 0) is 20.7 Å². The topological polar surface area (TPSA) is 103 Å². The SMILES string of the molecule is COC(=O)[C@@H](NC(=O)Cc1c(OC)cc(OC)cc1OC)[C@@H](C)O. The van der Waals surface area contributed by atoms with Crippen molar-refractivity contribution in [2.45, 2.75) is 25.5 Å². The average Bonchev–Trinajstić information content (AvgIpc) is 2.58. The van der Waals surface area contributed by atoms with E-state index in [4.69, 9.17) is 14.2 Å². The number of aliphatic hydroxyl groups is 1. The zero-order valence-corrected chi connectivity index (χ0v) is 14.4. The third-order valence-corrected chi connectivity index (χ3v) is 3.41. The van der Waals surface area contributed by atoms with Gasteiger partial charge in [-0.3, -0.25) is 4.79 Å². The number of aliphatic hydroxyl groups excluding tert-OH is 1. The second kappa shape index (κ2) is 8.97. The van der Waals surface area contributed by atoms with E-state index in [-0.39, 0.29) is 6.42 Å². The Balaban J connectivity index is 3.03. The smallest absolute Gasteiger partial charge is 0.331 e. The van der Waals surface area contributed by atoms with Crippen LogP contribution in [0.25, 0.3) is 0 Å². The molecule has 8 heteroatoms. The first-order valence-corrected chi connectivity index (χ1v) is 7.22. The predicted octanol–water partition coefficient (Wildman–Crippen LogP) is 0.293. The number of amides is 1. The van der Waals surface area contributed by atoms with Crippen LogP contribution in [0.4, 0.5) is 0 Å². The molecule has 134 valence electrons. The second-order valence-electron chi connectivity index (χ2n) is 5.00. The highest BCUT2D eigenvalue weighted by Gasteiger charge is 2.27. The van der Waals surface area contributed by atoms with Gasteiger partial charge in [-0.15, -0.1) is 0 Å². The predicted molar refractivity (Wildman–Crippen MR) is 85.4 cm³/mol. The summed E-state index contributed by atoms with van der Waals surface area (Å²) in [4.78, 5) is 23.9. The lowest BCUT2D eigenvalue weighted by Crippen LogP contribution is -2.48. The van der Waals surface area contributed by atoms with Gasteiger partial charge in [0, 0.05) is 17.7 Å². The van der Waals surface area contributed by atoms with E-state index in [1.54, 1.807) is 12.1 Å². The summed E-state index contributed by atoms with van der Waals surface area (Å²) in [5, 5.41) is 12.1. The van der Waals surface area contributed by atoms with Crippen LogP contribution in [0.15, 0.2) is 12.1 Å². The first kappa shape index (κ1) is 19.6. The van der Waals surface area contributed by atoms with Gasteiger partial charge in [0.05, 0.1) is 41.0 Å². The highest BCUT2D eigenvalue weighted by Crippen LogP contribution is 2.34. The van der Waals surface area contributed by atoms with E-state index in [2.05, 4.69) is 10.1 Å². The summed E-state index contributed by atoms with van der Waals surface area (Å²) in [6, 6.07) is 2.09. The number of rotatable bonds is 8. The molecule has 0 saturated carbocycles. The fourth-order valence-electron chi connectivity index (χ4n) is 2.14. The molecule has 2 N–H and O–H groups in total. The Labute approximate surface area is 140 Å². The Hall–Kier alpha value is -2.48. The first-order chi connectivity index (χ1) is 11.4. The van der Waals surface area contributed by atoms with Crippen LogP contribution in [0.1, 0.15) is 12.5 Å². The monoisotopic (exact) mass is 341 g/mol. The standard InChI is InChI=1S/C16H23NO7/c1-9(18)15(16(20)24-5)17-14(19)8-11-12(22-3)6-10(21-2)7-13(11)23-4/h6-7,9,15,18H,8H2,1-5H3,(H,17,19)/t9-,15+/m1/s1. The highest BCUT2D eigenvalue weighted by molar-refractivity contribution is 5.86. The number of hydrogen-bond donors (Lipinski definition) is 2. The van der Waals surface area contributed by atoms with E-state index in [0.717, 1.165) is 0 Å². The molecular formula is C16H23NO7. The molecule has 0 unspecified atom stereocenters. The number of ether oxygens (including phenoxy) is 4. The lowest BCUT2D eigenvalue weighted by atomic mass is 10.1. The zero-order valence-electron chi connectivity index (χ0n) is 14.4. The van der Waals surface area contributed by atoms with Crippen molar-refractivity contribution >= 4 is 11.9 Å². The zero-order chi connectivity index (χ0) is 18.3. The Morgan fingerprint density at radius 3 is 2.00 bits per heavy atom. The summed E-state index contributed by atoms with van der Waals surface area (Å²) in [6.45, 7) is 1.39. The third kappa shape index (κ3) is 4.76. The number of nitrogens with one attached hydrogen (secondary N) is 1. The fourth-order valence-corrected chi connectivity index (χ4v) is 2.14. The highest BCUT2D eigenvalue weighted by atomic mass is 16.5. The van der Waals surface area contributed by atoms with Gasteiger partial charge in [-0.1, -0.05) is 0 Å². The number of hydrogen-bond acceptors (Lipinski definition) is 7. The van der Waals surface area contributed by atoms with Crippen molar-refractivity contribution in [1.29, 1.82) is 0 Å². The van der Waals surface area contributed by atoms with Gasteiger partial charge < -0.3 is 29.4 Å². The molecule has 0 saturated heterocycles. The van der Waals surface area contributed by atoms with Crippen molar-refractivity contribution in [2.75, 3.05) is 28.4 Å². The Morgan fingerprint density at radius 1 is 1.08 bits per heavy atom. The van der Waals surface area contributed by atoms with Gasteiger partial charge >= 0.3 is 5.97 Å². The van der Waals surface area contributed by atoms with Crippen LogP contribution in [0, 0.1) is 0 Å². The Morgan fingerprint density at radius 2 is 1.62 bits per heavy atom. The summed E-state index contributed by atoms with van der Waals surface area (Å²) >= 11 is 0. The molecule has 0 aliphatic rings. The van der Waals surface area contributed by atoms with Crippen molar-refractivity contribution in [2.24, 2.45) is 0 Å². The van der Waals surface area contributed by atoms with Gasteiger partial charge in [0.2, 0.25) is 5.91 Å². The van der Waals surface area contributed by atoms with Crippen LogP contribution < -0.4 is 19.5 Å². The molecule has 0 fully saturated rings. The van der Waals surface area contributed by atoms with E-state index >= 15 is 0 Å². The average molecular weight is 341 g/mol. The van der Waals surface area contributed by atoms with Crippen molar-refractivity contribution in [3.05, 3.63) is 17.7 Å². The molecule has 0 radical (unpaired) electrons. The van der Waals surface area contributed by atoms with Crippen LogP contribution in [0.5, 0.6) is 17.2 Å². The molecule has 0 aliphatic carbocycles. The third-order valence-electron chi connectivity index (χ3n) is 3.41. The number of methoxy groups -OCH3 is 4. The van der Waals surface area contributed by atoms with Crippen LogP contribution in [0.2, 0.25) is 0 Å². The van der Waals surface area contributed by atoms with Gasteiger partial charge in [-0.05, 0) is 6.92 Å². The maximum atomic E-state index is 12.3. The van der Waals surface area contributed by atoms with Crippen LogP contribution in [0.3, 0.4) is 0 Å². The summed E-state index contributed by atoms with van der Waals surface area (Å²) in [5.41, 5.74) is 0.493. The van der Waals surface area contributed by atoms with Crippen molar-refractivity contribution in [3.8, 4) is 17.2 Å². The summed E-state index contributed by atoms with van der Waals surface area (Å²) in [6.07, 6.45) is -1.21. The number of esters is 1. The maximum Gasteiger partial charge on any atom is 0.331 e. The van der Waals surface area contributed by atoms with Crippen molar-refractivity contribution in [1.82, 2.24) is 5.32 Å². The van der Waals surface area contributed by atoms with E-state index in [1.807, 2.05) is 0 Å². The lowest BCUT2D eigenvalue weighted by Gasteiger charge is -2.20. The lowest BCUT2D eigenvalue weighted by molar-refractivity contribution is -0.148. The molecule has 1 aromatic carbocycles. The molecule has 1 aromatic rings. The first-order valence-electron chi connectivity index (χ1n) is 7.22. The normalized spacial score (nSPS) is 12.8. The molecular weight excluding hydrogens is 318 g/mol. The van der Waals surface area contributed by atoms with Gasteiger partial charge in [0.25, 0.3) is 0 Å². The largest absolute Gasteiger partial charge is 0.496 e. The molecule has 0 heterocycles.